The van der Waals surface area contributed by atoms with Gasteiger partial charge in [0.15, 0.2) is 5.11 Å². The lowest BCUT2D eigenvalue weighted by Gasteiger charge is -2.36. The van der Waals surface area contributed by atoms with Gasteiger partial charge in [-0.3, -0.25) is 14.4 Å². The summed E-state index contributed by atoms with van der Waals surface area (Å²) in [6.45, 7) is 2.96. The third kappa shape index (κ3) is 7.08. The van der Waals surface area contributed by atoms with Crippen LogP contribution < -0.4 is 10.6 Å². The number of ether oxygens (including phenoxy) is 1. The van der Waals surface area contributed by atoms with Crippen LogP contribution in [0, 0.1) is 0 Å². The van der Waals surface area contributed by atoms with Gasteiger partial charge in [-0.15, -0.1) is 0 Å². The van der Waals surface area contributed by atoms with Gasteiger partial charge in [0.2, 0.25) is 11.8 Å². The maximum absolute atomic E-state index is 12.3. The van der Waals surface area contributed by atoms with Gasteiger partial charge in [0.1, 0.15) is 12.1 Å². The minimum Gasteiger partial charge on any atom is -0.462 e. The van der Waals surface area contributed by atoms with E-state index in [9.17, 15) is 14.4 Å². The second-order valence-electron chi connectivity index (χ2n) is 7.26. The van der Waals surface area contributed by atoms with Crippen LogP contribution in [0.25, 0.3) is 0 Å². The first-order valence-electron chi connectivity index (χ1n) is 10.1. The van der Waals surface area contributed by atoms with Gasteiger partial charge in [-0.25, -0.2) is 0 Å². The maximum atomic E-state index is 12.3. The van der Waals surface area contributed by atoms with Gasteiger partial charge < -0.3 is 20.3 Å². The van der Waals surface area contributed by atoms with Crippen LogP contribution in [-0.2, 0) is 19.1 Å². The highest BCUT2D eigenvalue weighted by Crippen LogP contribution is 2.21. The van der Waals surface area contributed by atoms with Crippen LogP contribution in [0.4, 0.5) is 0 Å². The molecule has 0 aromatic carbocycles. The molecule has 1 aliphatic carbocycles. The summed E-state index contributed by atoms with van der Waals surface area (Å²) in [7, 11) is 0. The average molecular weight is 398 g/mol. The molecule has 2 fully saturated rings. The summed E-state index contributed by atoms with van der Waals surface area (Å²) in [6, 6.07) is -0.738. The predicted molar refractivity (Wildman–Crippen MR) is 106 cm³/mol. The number of hydrogen-bond donors (Lipinski definition) is 2. The lowest BCUT2D eigenvalue weighted by molar-refractivity contribution is -0.153. The molecule has 8 heteroatoms. The summed E-state index contributed by atoms with van der Waals surface area (Å²) in [6.07, 6.45) is 8.23. The zero-order valence-corrected chi connectivity index (χ0v) is 16.9. The summed E-state index contributed by atoms with van der Waals surface area (Å²) in [5.41, 5.74) is 0. The number of esters is 1. The van der Waals surface area contributed by atoms with E-state index in [0.717, 1.165) is 44.9 Å². The molecule has 1 saturated heterocycles. The molecule has 7 nitrogen and oxygen atoms in total. The highest BCUT2D eigenvalue weighted by molar-refractivity contribution is 7.80. The van der Waals surface area contributed by atoms with Crippen LogP contribution in [0.5, 0.6) is 0 Å². The second-order valence-corrected chi connectivity index (χ2v) is 7.65. The minimum atomic E-state index is -0.738. The highest BCUT2D eigenvalue weighted by Gasteiger charge is 2.34. The van der Waals surface area contributed by atoms with Gasteiger partial charge in [0.25, 0.3) is 0 Å². The quantitative estimate of drug-likeness (QED) is 0.388. The van der Waals surface area contributed by atoms with Crippen molar-refractivity contribution in [2.45, 2.75) is 83.3 Å². The zero-order chi connectivity index (χ0) is 19.6. The number of carbonyl (C=O) groups is 3. The standard InChI is InChI=1S/C19H31N3O4S/c1-2-3-5-10-16(23)21-19(27)22-12-11-20-18(25)15(22)13-17(24)26-14-8-6-4-7-9-14/h14-15H,2-13H2,1H3,(H,20,25)(H,21,23,27). The molecule has 1 atom stereocenters. The van der Waals surface area contributed by atoms with E-state index in [0.29, 0.717) is 19.5 Å². The van der Waals surface area contributed by atoms with Crippen molar-refractivity contribution in [3.05, 3.63) is 0 Å². The van der Waals surface area contributed by atoms with E-state index in [1.807, 2.05) is 0 Å². The second kappa shape index (κ2) is 11.2. The largest absolute Gasteiger partial charge is 0.462 e. The van der Waals surface area contributed by atoms with E-state index in [-0.39, 0.29) is 35.4 Å². The molecule has 0 bridgehead atoms. The molecule has 1 aliphatic heterocycles. The molecule has 152 valence electrons. The molecule has 2 N–H and O–H groups in total. The number of carbonyl (C=O) groups excluding carboxylic acids is 3. The highest BCUT2D eigenvalue weighted by atomic mass is 32.1. The summed E-state index contributed by atoms with van der Waals surface area (Å²) in [4.78, 5) is 38.3. The summed E-state index contributed by atoms with van der Waals surface area (Å²) >= 11 is 5.34. The zero-order valence-electron chi connectivity index (χ0n) is 16.1. The van der Waals surface area contributed by atoms with E-state index < -0.39 is 6.04 Å². The first-order valence-corrected chi connectivity index (χ1v) is 10.5. The van der Waals surface area contributed by atoms with Crippen molar-refractivity contribution >= 4 is 35.1 Å². The van der Waals surface area contributed by atoms with Crippen molar-refractivity contribution in [1.82, 2.24) is 15.5 Å². The van der Waals surface area contributed by atoms with E-state index in [4.69, 9.17) is 17.0 Å². The number of amides is 2. The van der Waals surface area contributed by atoms with Crippen molar-refractivity contribution in [3.63, 3.8) is 0 Å². The molecule has 0 spiro atoms. The smallest absolute Gasteiger partial charge is 0.308 e. The van der Waals surface area contributed by atoms with Crippen LogP contribution in [0.15, 0.2) is 0 Å². The first kappa shape index (κ1) is 21.6. The average Bonchev–Trinajstić information content (AvgIpc) is 2.64. The van der Waals surface area contributed by atoms with Gasteiger partial charge in [-0.2, -0.15) is 0 Å². The Kier molecular flexibility index (Phi) is 8.97. The predicted octanol–water partition coefficient (Wildman–Crippen LogP) is 2.03. The van der Waals surface area contributed by atoms with Crippen molar-refractivity contribution in [2.24, 2.45) is 0 Å². The topological polar surface area (TPSA) is 87.7 Å². The molecule has 0 aromatic heterocycles. The molecule has 0 radical (unpaired) electrons. The maximum Gasteiger partial charge on any atom is 0.308 e. The Bertz CT molecular complexity index is 549. The van der Waals surface area contributed by atoms with Crippen LogP contribution >= 0.6 is 12.2 Å². The Labute approximate surface area is 166 Å². The SMILES string of the molecule is CCCCCC(=O)NC(=S)N1CCNC(=O)C1CC(=O)OC1CCCCC1. The molecule has 1 unspecified atom stereocenters. The van der Waals surface area contributed by atoms with Gasteiger partial charge in [-0.05, 0) is 44.3 Å². The summed E-state index contributed by atoms with van der Waals surface area (Å²) in [5.74, 6) is -0.793. The molecule has 2 amide bonds. The van der Waals surface area contributed by atoms with Crippen molar-refractivity contribution in [2.75, 3.05) is 13.1 Å². The van der Waals surface area contributed by atoms with Gasteiger partial charge in [-0.1, -0.05) is 26.2 Å². The fourth-order valence-corrected chi connectivity index (χ4v) is 3.86. The van der Waals surface area contributed by atoms with Crippen LogP contribution in [0.2, 0.25) is 0 Å². The Balaban J connectivity index is 1.88. The monoisotopic (exact) mass is 397 g/mol. The number of hydrogen-bond acceptors (Lipinski definition) is 5. The Morgan fingerprint density at radius 3 is 2.70 bits per heavy atom. The minimum absolute atomic E-state index is 0.0448. The Morgan fingerprint density at radius 1 is 1.26 bits per heavy atom. The Morgan fingerprint density at radius 2 is 2.00 bits per heavy atom. The number of thiocarbonyl (C=S) groups is 1. The van der Waals surface area contributed by atoms with Gasteiger partial charge in [0, 0.05) is 19.5 Å². The number of nitrogens with zero attached hydrogens (tertiary/aromatic N) is 1. The lowest BCUT2D eigenvalue weighted by Crippen LogP contribution is -2.60. The van der Waals surface area contributed by atoms with Crippen molar-refractivity contribution in [1.29, 1.82) is 0 Å². The number of unbranched alkanes of at least 4 members (excludes halogenated alkanes) is 2. The van der Waals surface area contributed by atoms with E-state index >= 15 is 0 Å². The van der Waals surface area contributed by atoms with Gasteiger partial charge in [0.05, 0.1) is 6.42 Å². The molecule has 0 aromatic rings. The van der Waals surface area contributed by atoms with E-state index in [1.54, 1.807) is 4.90 Å². The molecule has 1 saturated carbocycles. The van der Waals surface area contributed by atoms with Gasteiger partial charge >= 0.3 is 5.97 Å². The fourth-order valence-electron chi connectivity index (χ4n) is 3.52. The molecule has 27 heavy (non-hydrogen) atoms. The first-order chi connectivity index (χ1) is 13.0. The third-order valence-corrected chi connectivity index (χ3v) is 5.39. The number of rotatable bonds is 7. The van der Waals surface area contributed by atoms with E-state index in [2.05, 4.69) is 17.6 Å². The fraction of sp³-hybridized carbons (Fsp3) is 0.789. The molecular formula is C19H31N3O4S. The number of piperazine rings is 1. The lowest BCUT2D eigenvalue weighted by atomic mass is 9.98. The van der Waals surface area contributed by atoms with Crippen LogP contribution in [0.1, 0.15) is 71.1 Å². The normalized spacial score (nSPS) is 20.7. The summed E-state index contributed by atoms with van der Waals surface area (Å²) in [5, 5.41) is 5.67. The molecule has 2 aliphatic rings. The third-order valence-electron chi connectivity index (χ3n) is 5.06. The molecule has 2 rings (SSSR count). The molecular weight excluding hydrogens is 366 g/mol. The van der Waals surface area contributed by atoms with Crippen LogP contribution in [-0.4, -0.2) is 53.0 Å². The van der Waals surface area contributed by atoms with E-state index in [1.165, 1.54) is 6.42 Å². The Hall–Kier alpha value is -1.70. The molecule has 1 heterocycles. The van der Waals surface area contributed by atoms with Crippen LogP contribution in [0.3, 0.4) is 0 Å². The van der Waals surface area contributed by atoms with Crippen molar-refractivity contribution in [3.8, 4) is 0 Å². The summed E-state index contributed by atoms with van der Waals surface area (Å²) < 4.78 is 5.54. The van der Waals surface area contributed by atoms with Crippen molar-refractivity contribution < 1.29 is 19.1 Å². The number of nitrogens with one attached hydrogen (secondary N) is 2.